The maximum atomic E-state index is 12.9. The Morgan fingerprint density at radius 2 is 1.59 bits per heavy atom. The van der Waals surface area contributed by atoms with Crippen LogP contribution in [0.15, 0.2) is 54.6 Å². The molecule has 3 rings (SSSR count). The van der Waals surface area contributed by atoms with E-state index < -0.39 is 28.7 Å². The van der Waals surface area contributed by atoms with E-state index in [9.17, 15) is 22.8 Å². The molecule has 166 valence electrons. The highest BCUT2D eigenvalue weighted by Gasteiger charge is 2.33. The predicted octanol–water partition coefficient (Wildman–Crippen LogP) is 5.60. The number of urea groups is 1. The monoisotopic (exact) mass is 464 g/mol. The molecule has 0 saturated carbocycles. The minimum atomic E-state index is -4.65. The van der Waals surface area contributed by atoms with Crippen LogP contribution in [0.5, 0.6) is 11.5 Å². The predicted molar refractivity (Wildman–Crippen MR) is 113 cm³/mol. The van der Waals surface area contributed by atoms with Crippen molar-refractivity contribution in [2.24, 2.45) is 5.73 Å². The molecule has 0 atom stereocenters. The van der Waals surface area contributed by atoms with Crippen LogP contribution in [0, 0.1) is 6.92 Å². The molecule has 0 spiro atoms. The average Bonchev–Trinajstić information content (AvgIpc) is 2.69. The lowest BCUT2D eigenvalue weighted by Gasteiger charge is -2.13. The van der Waals surface area contributed by atoms with Gasteiger partial charge in [0, 0.05) is 29.2 Å². The standard InChI is InChI=1S/C21H16ClF3N4O3/c1-11-8-15(10-18(27-11)19(26)30)32-14-5-2-12(3-6-14)28-20(31)29-13-4-7-17(22)16(9-13)21(23,24)25/h2-10H,1H3,(H2,26,30)(H2,28,29,31). The number of benzene rings is 2. The number of aryl methyl sites for hydroxylation is 1. The van der Waals surface area contributed by atoms with Gasteiger partial charge in [-0.25, -0.2) is 9.78 Å². The van der Waals surface area contributed by atoms with E-state index in [2.05, 4.69) is 15.6 Å². The van der Waals surface area contributed by atoms with Crippen molar-refractivity contribution in [2.75, 3.05) is 10.6 Å². The second-order valence-corrected chi connectivity index (χ2v) is 7.00. The van der Waals surface area contributed by atoms with Gasteiger partial charge in [0.25, 0.3) is 5.91 Å². The number of pyridine rings is 1. The fourth-order valence-electron chi connectivity index (χ4n) is 2.68. The summed E-state index contributed by atoms with van der Waals surface area (Å²) < 4.78 is 44.5. The molecule has 0 radical (unpaired) electrons. The van der Waals surface area contributed by atoms with Gasteiger partial charge >= 0.3 is 12.2 Å². The average molecular weight is 465 g/mol. The van der Waals surface area contributed by atoms with Gasteiger partial charge in [-0.15, -0.1) is 0 Å². The fourth-order valence-corrected chi connectivity index (χ4v) is 2.90. The molecule has 11 heteroatoms. The van der Waals surface area contributed by atoms with Gasteiger partial charge in [-0.3, -0.25) is 4.79 Å². The maximum absolute atomic E-state index is 12.9. The van der Waals surface area contributed by atoms with Crippen molar-refractivity contribution in [3.63, 3.8) is 0 Å². The number of hydrogen-bond acceptors (Lipinski definition) is 4. The number of hydrogen-bond donors (Lipinski definition) is 3. The number of carbonyl (C=O) groups is 2. The third kappa shape index (κ3) is 5.88. The molecule has 0 unspecified atom stereocenters. The van der Waals surface area contributed by atoms with E-state index in [1.54, 1.807) is 25.1 Å². The summed E-state index contributed by atoms with van der Waals surface area (Å²) in [6.45, 7) is 1.68. The van der Waals surface area contributed by atoms with Crippen molar-refractivity contribution < 1.29 is 27.5 Å². The molecule has 3 amide bonds. The molecule has 0 saturated heterocycles. The molecular weight excluding hydrogens is 449 g/mol. The lowest BCUT2D eigenvalue weighted by Crippen LogP contribution is -2.19. The minimum absolute atomic E-state index is 0.0610. The van der Waals surface area contributed by atoms with Crippen molar-refractivity contribution in [3.8, 4) is 11.5 Å². The molecule has 3 aromatic rings. The highest BCUT2D eigenvalue weighted by atomic mass is 35.5. The van der Waals surface area contributed by atoms with E-state index in [1.165, 1.54) is 24.3 Å². The number of anilines is 2. The lowest BCUT2D eigenvalue weighted by molar-refractivity contribution is -0.137. The second-order valence-electron chi connectivity index (χ2n) is 6.59. The normalized spacial score (nSPS) is 11.0. The number of nitrogens with one attached hydrogen (secondary N) is 2. The zero-order valence-corrected chi connectivity index (χ0v) is 17.2. The summed E-state index contributed by atoms with van der Waals surface area (Å²) in [6.07, 6.45) is -4.65. The van der Waals surface area contributed by atoms with Crippen LogP contribution < -0.4 is 21.1 Å². The molecule has 0 aliphatic rings. The topological polar surface area (TPSA) is 106 Å². The van der Waals surface area contributed by atoms with E-state index in [-0.39, 0.29) is 11.4 Å². The Balaban J connectivity index is 1.65. The smallest absolute Gasteiger partial charge is 0.417 e. The number of rotatable bonds is 5. The molecule has 1 heterocycles. The Morgan fingerprint density at radius 3 is 2.22 bits per heavy atom. The Bertz CT molecular complexity index is 1170. The van der Waals surface area contributed by atoms with Crippen LogP contribution in [0.1, 0.15) is 21.7 Å². The first kappa shape index (κ1) is 22.9. The van der Waals surface area contributed by atoms with E-state index in [4.69, 9.17) is 22.1 Å². The summed E-state index contributed by atoms with van der Waals surface area (Å²) in [5.41, 5.74) is 5.08. The number of alkyl halides is 3. The van der Waals surface area contributed by atoms with E-state index in [1.807, 2.05) is 0 Å². The van der Waals surface area contributed by atoms with E-state index >= 15 is 0 Å². The van der Waals surface area contributed by atoms with Crippen LogP contribution in [0.3, 0.4) is 0 Å². The molecule has 32 heavy (non-hydrogen) atoms. The summed E-state index contributed by atoms with van der Waals surface area (Å²) in [4.78, 5) is 27.4. The largest absolute Gasteiger partial charge is 0.457 e. The van der Waals surface area contributed by atoms with E-state index in [0.29, 0.717) is 22.9 Å². The zero-order chi connectivity index (χ0) is 23.5. The van der Waals surface area contributed by atoms with Gasteiger partial charge in [0.15, 0.2) is 0 Å². The number of aromatic nitrogens is 1. The summed E-state index contributed by atoms with van der Waals surface area (Å²) >= 11 is 5.57. The molecule has 0 aliphatic carbocycles. The first-order valence-corrected chi connectivity index (χ1v) is 9.40. The van der Waals surface area contributed by atoms with Gasteiger partial charge in [-0.05, 0) is 49.4 Å². The van der Waals surface area contributed by atoms with Gasteiger partial charge in [0.1, 0.15) is 17.2 Å². The lowest BCUT2D eigenvalue weighted by atomic mass is 10.2. The summed E-state index contributed by atoms with van der Waals surface area (Å²) in [5, 5.41) is 4.35. The van der Waals surface area contributed by atoms with Crippen LogP contribution >= 0.6 is 11.6 Å². The molecule has 7 nitrogen and oxygen atoms in total. The van der Waals surface area contributed by atoms with Crippen molar-refractivity contribution in [1.82, 2.24) is 4.98 Å². The Hall–Kier alpha value is -3.79. The summed E-state index contributed by atoms with van der Waals surface area (Å²) in [7, 11) is 0. The third-order valence-electron chi connectivity index (χ3n) is 4.06. The van der Waals surface area contributed by atoms with E-state index in [0.717, 1.165) is 12.1 Å². The Kier molecular flexibility index (Phi) is 6.54. The van der Waals surface area contributed by atoms with Crippen molar-refractivity contribution in [3.05, 3.63) is 76.6 Å². The van der Waals surface area contributed by atoms with Gasteiger partial charge in [-0.1, -0.05) is 11.6 Å². The molecule has 0 aliphatic heterocycles. The number of halogens is 4. The number of primary amides is 1. The van der Waals surface area contributed by atoms with Gasteiger partial charge in [-0.2, -0.15) is 13.2 Å². The number of amides is 3. The van der Waals surface area contributed by atoms with Crippen LogP contribution in [0.4, 0.5) is 29.3 Å². The van der Waals surface area contributed by atoms with Crippen LogP contribution in [0.25, 0.3) is 0 Å². The maximum Gasteiger partial charge on any atom is 0.417 e. The van der Waals surface area contributed by atoms with Crippen LogP contribution in [-0.2, 0) is 6.18 Å². The SMILES string of the molecule is Cc1cc(Oc2ccc(NC(=O)Nc3ccc(Cl)c(C(F)(F)F)c3)cc2)cc(C(N)=O)n1. The zero-order valence-electron chi connectivity index (χ0n) is 16.5. The fraction of sp³-hybridized carbons (Fsp3) is 0.0952. The van der Waals surface area contributed by atoms with Gasteiger partial charge in [0.2, 0.25) is 0 Å². The number of carbonyl (C=O) groups excluding carboxylic acids is 2. The molecule has 1 aromatic heterocycles. The second kappa shape index (κ2) is 9.15. The molecule has 0 fully saturated rings. The summed E-state index contributed by atoms with van der Waals surface area (Å²) in [5.74, 6) is 0.0737. The Labute approximate surface area is 185 Å². The van der Waals surface area contributed by atoms with Crippen molar-refractivity contribution >= 4 is 34.9 Å². The molecule has 4 N–H and O–H groups in total. The molecular formula is C21H16ClF3N4O3. The summed E-state index contributed by atoms with van der Waals surface area (Å²) in [6, 6.07) is 11.5. The van der Waals surface area contributed by atoms with Crippen LogP contribution in [0.2, 0.25) is 5.02 Å². The van der Waals surface area contributed by atoms with Gasteiger partial charge < -0.3 is 21.1 Å². The Morgan fingerprint density at radius 1 is 0.969 bits per heavy atom. The highest BCUT2D eigenvalue weighted by molar-refractivity contribution is 6.31. The minimum Gasteiger partial charge on any atom is -0.457 e. The third-order valence-corrected chi connectivity index (χ3v) is 4.39. The highest BCUT2D eigenvalue weighted by Crippen LogP contribution is 2.36. The van der Waals surface area contributed by atoms with Crippen molar-refractivity contribution in [2.45, 2.75) is 13.1 Å². The van der Waals surface area contributed by atoms with Crippen molar-refractivity contribution in [1.29, 1.82) is 0 Å². The number of ether oxygens (including phenoxy) is 1. The number of nitrogens with zero attached hydrogens (tertiary/aromatic N) is 1. The van der Waals surface area contributed by atoms with Gasteiger partial charge in [0.05, 0.1) is 10.6 Å². The molecule has 2 aromatic carbocycles. The first-order valence-electron chi connectivity index (χ1n) is 9.02. The van der Waals surface area contributed by atoms with Crippen LogP contribution in [-0.4, -0.2) is 16.9 Å². The quantitative estimate of drug-likeness (QED) is 0.457. The number of nitrogens with two attached hydrogens (primary N) is 1. The molecule has 0 bridgehead atoms. The first-order chi connectivity index (χ1) is 15.0.